The predicted molar refractivity (Wildman–Crippen MR) is 85.4 cm³/mol. The molecule has 3 amide bonds. The minimum absolute atomic E-state index is 0.0472. The first-order valence-corrected chi connectivity index (χ1v) is 8.33. The zero-order chi connectivity index (χ0) is 16.9. The second-order valence-corrected chi connectivity index (χ2v) is 6.12. The average Bonchev–Trinajstić information content (AvgIpc) is 3.26. The molecule has 1 fully saturated rings. The van der Waals surface area contributed by atoms with E-state index in [0.717, 1.165) is 24.6 Å². The van der Waals surface area contributed by atoms with Gasteiger partial charge < -0.3 is 14.5 Å². The zero-order valence-corrected chi connectivity index (χ0v) is 13.4. The van der Waals surface area contributed by atoms with Crippen LogP contribution in [-0.2, 0) is 14.3 Å². The number of nitrogens with zero attached hydrogens (tertiary/aromatic N) is 1. The van der Waals surface area contributed by atoms with E-state index in [0.29, 0.717) is 16.3 Å². The highest BCUT2D eigenvalue weighted by atomic mass is 32.2. The summed E-state index contributed by atoms with van der Waals surface area (Å²) in [4.78, 5) is 38.6. The van der Waals surface area contributed by atoms with E-state index in [9.17, 15) is 14.4 Å². The summed E-state index contributed by atoms with van der Waals surface area (Å²) < 4.78 is 10.3. The van der Waals surface area contributed by atoms with E-state index in [-0.39, 0.29) is 11.8 Å². The number of para-hydroxylation sites is 2. The summed E-state index contributed by atoms with van der Waals surface area (Å²) in [5.41, 5.74) is 1.34. The Bertz CT molecular complexity index is 738. The van der Waals surface area contributed by atoms with E-state index in [1.807, 2.05) is 12.1 Å². The molecular formula is C15H15N3O5S. The Labute approximate surface area is 141 Å². The molecule has 3 rings (SSSR count). The highest BCUT2D eigenvalue weighted by Crippen LogP contribution is 2.23. The van der Waals surface area contributed by atoms with Crippen molar-refractivity contribution in [1.82, 2.24) is 15.6 Å². The summed E-state index contributed by atoms with van der Waals surface area (Å²) in [5, 5.41) is 5.04. The van der Waals surface area contributed by atoms with E-state index < -0.39 is 24.5 Å². The number of nitrogens with one attached hydrogen (secondary N) is 2. The van der Waals surface area contributed by atoms with Gasteiger partial charge in [-0.15, -0.1) is 0 Å². The van der Waals surface area contributed by atoms with Crippen molar-refractivity contribution in [2.24, 2.45) is 0 Å². The third kappa shape index (κ3) is 4.72. The van der Waals surface area contributed by atoms with Crippen molar-refractivity contribution in [3.8, 4) is 0 Å². The highest BCUT2D eigenvalue weighted by molar-refractivity contribution is 7.99. The Kier molecular flexibility index (Phi) is 4.99. The largest absolute Gasteiger partial charge is 0.455 e. The molecule has 0 saturated heterocycles. The summed E-state index contributed by atoms with van der Waals surface area (Å²) in [7, 11) is 0. The van der Waals surface area contributed by atoms with Gasteiger partial charge in [-0.05, 0) is 25.0 Å². The van der Waals surface area contributed by atoms with Crippen molar-refractivity contribution in [3.63, 3.8) is 0 Å². The van der Waals surface area contributed by atoms with Crippen LogP contribution in [0.2, 0.25) is 0 Å². The molecule has 0 bridgehead atoms. The second-order valence-electron chi connectivity index (χ2n) is 5.19. The number of aromatic nitrogens is 1. The quantitative estimate of drug-likeness (QED) is 0.600. The first-order valence-electron chi connectivity index (χ1n) is 7.34. The molecule has 1 aromatic carbocycles. The molecule has 8 nitrogen and oxygen atoms in total. The SMILES string of the molecule is O=C(COC(=O)CSc1nc2ccccc2o1)NC(=O)NC1CC1. The third-order valence-electron chi connectivity index (χ3n) is 3.12. The molecule has 126 valence electrons. The van der Waals surface area contributed by atoms with Crippen LogP contribution < -0.4 is 10.6 Å². The van der Waals surface area contributed by atoms with Crippen molar-refractivity contribution in [3.05, 3.63) is 24.3 Å². The van der Waals surface area contributed by atoms with Crippen molar-refractivity contribution < 1.29 is 23.5 Å². The molecule has 24 heavy (non-hydrogen) atoms. The van der Waals surface area contributed by atoms with Crippen LogP contribution in [0.5, 0.6) is 0 Å². The smallest absolute Gasteiger partial charge is 0.321 e. The van der Waals surface area contributed by atoms with Gasteiger partial charge in [0.1, 0.15) is 11.3 Å². The number of rotatable bonds is 6. The van der Waals surface area contributed by atoms with Crippen molar-refractivity contribution in [2.75, 3.05) is 12.4 Å². The van der Waals surface area contributed by atoms with E-state index >= 15 is 0 Å². The molecule has 1 saturated carbocycles. The van der Waals surface area contributed by atoms with Crippen LogP contribution in [0, 0.1) is 0 Å². The summed E-state index contributed by atoms with van der Waals surface area (Å²) >= 11 is 1.07. The number of fused-ring (bicyclic) bond motifs is 1. The molecular weight excluding hydrogens is 334 g/mol. The Morgan fingerprint density at radius 2 is 2.08 bits per heavy atom. The summed E-state index contributed by atoms with van der Waals surface area (Å²) in [6, 6.07) is 6.83. The topological polar surface area (TPSA) is 111 Å². The summed E-state index contributed by atoms with van der Waals surface area (Å²) in [5.74, 6) is -1.32. The predicted octanol–water partition coefficient (Wildman–Crippen LogP) is 1.45. The molecule has 0 radical (unpaired) electrons. The van der Waals surface area contributed by atoms with Gasteiger partial charge in [0, 0.05) is 6.04 Å². The lowest BCUT2D eigenvalue weighted by Gasteiger charge is -2.06. The fourth-order valence-electron chi connectivity index (χ4n) is 1.83. The third-order valence-corrected chi connectivity index (χ3v) is 3.92. The number of oxazole rings is 1. The van der Waals surface area contributed by atoms with E-state index in [1.165, 1.54) is 0 Å². The minimum Gasteiger partial charge on any atom is -0.455 e. The van der Waals surface area contributed by atoms with Crippen LogP contribution >= 0.6 is 11.8 Å². The maximum Gasteiger partial charge on any atom is 0.321 e. The number of imide groups is 1. The van der Waals surface area contributed by atoms with Crippen LogP contribution in [0.4, 0.5) is 4.79 Å². The number of carbonyl (C=O) groups is 3. The van der Waals surface area contributed by atoms with Crippen molar-refractivity contribution in [1.29, 1.82) is 0 Å². The fraction of sp³-hybridized carbons (Fsp3) is 0.333. The van der Waals surface area contributed by atoms with Crippen LogP contribution in [0.25, 0.3) is 11.1 Å². The lowest BCUT2D eigenvalue weighted by atomic mass is 10.3. The van der Waals surface area contributed by atoms with Crippen LogP contribution in [0.3, 0.4) is 0 Å². The lowest BCUT2D eigenvalue weighted by molar-refractivity contribution is -0.145. The van der Waals surface area contributed by atoms with E-state index in [4.69, 9.17) is 9.15 Å². The molecule has 1 aliphatic rings. The molecule has 0 atom stereocenters. The minimum atomic E-state index is -0.673. The fourth-order valence-corrected chi connectivity index (χ4v) is 2.47. The van der Waals surface area contributed by atoms with Gasteiger partial charge in [-0.1, -0.05) is 23.9 Å². The van der Waals surface area contributed by atoms with Crippen LogP contribution in [0.15, 0.2) is 33.9 Å². The maximum atomic E-state index is 11.6. The van der Waals surface area contributed by atoms with Crippen LogP contribution in [-0.4, -0.2) is 41.3 Å². The standard InChI is InChI=1S/C15H15N3O5S/c19-12(18-14(21)16-9-5-6-9)7-22-13(20)8-24-15-17-10-3-1-2-4-11(10)23-15/h1-4,9H,5-8H2,(H2,16,18,19,21). The van der Waals surface area contributed by atoms with Gasteiger partial charge in [-0.2, -0.15) is 0 Å². The second kappa shape index (κ2) is 7.35. The average molecular weight is 349 g/mol. The van der Waals surface area contributed by atoms with Gasteiger partial charge in [0.25, 0.3) is 11.1 Å². The first-order chi connectivity index (χ1) is 11.6. The molecule has 9 heteroatoms. The molecule has 2 N–H and O–H groups in total. The Morgan fingerprint density at radius 1 is 1.29 bits per heavy atom. The number of carbonyl (C=O) groups excluding carboxylic acids is 3. The molecule has 1 aromatic heterocycles. The normalized spacial score (nSPS) is 13.5. The van der Waals surface area contributed by atoms with Crippen molar-refractivity contribution in [2.45, 2.75) is 24.1 Å². The number of hydrogen-bond donors (Lipinski definition) is 2. The molecule has 0 aliphatic heterocycles. The number of urea groups is 1. The summed E-state index contributed by atoms with van der Waals surface area (Å²) in [6.07, 6.45) is 1.84. The van der Waals surface area contributed by atoms with Gasteiger partial charge in [0.2, 0.25) is 0 Å². The molecule has 1 aliphatic carbocycles. The number of esters is 1. The van der Waals surface area contributed by atoms with Gasteiger partial charge in [-0.3, -0.25) is 14.9 Å². The Balaban J connectivity index is 1.37. The van der Waals surface area contributed by atoms with Gasteiger partial charge >= 0.3 is 12.0 Å². The number of benzene rings is 1. The van der Waals surface area contributed by atoms with Gasteiger partial charge in [0.05, 0.1) is 0 Å². The van der Waals surface area contributed by atoms with Crippen molar-refractivity contribution >= 4 is 40.8 Å². The lowest BCUT2D eigenvalue weighted by Crippen LogP contribution is -2.42. The summed E-state index contributed by atoms with van der Waals surface area (Å²) in [6.45, 7) is -0.509. The first kappa shape index (κ1) is 16.3. The Morgan fingerprint density at radius 3 is 2.83 bits per heavy atom. The monoisotopic (exact) mass is 349 g/mol. The molecule has 0 spiro atoms. The number of ether oxygens (including phenoxy) is 1. The zero-order valence-electron chi connectivity index (χ0n) is 12.6. The highest BCUT2D eigenvalue weighted by Gasteiger charge is 2.24. The van der Waals surface area contributed by atoms with Crippen LogP contribution in [0.1, 0.15) is 12.8 Å². The molecule has 1 heterocycles. The van der Waals surface area contributed by atoms with Gasteiger partial charge in [0.15, 0.2) is 12.2 Å². The number of thioether (sulfide) groups is 1. The molecule has 0 unspecified atom stereocenters. The van der Waals surface area contributed by atoms with E-state index in [2.05, 4.69) is 15.6 Å². The molecule has 2 aromatic rings. The Hall–Kier alpha value is -2.55. The number of hydrogen-bond acceptors (Lipinski definition) is 7. The number of amides is 3. The van der Waals surface area contributed by atoms with Gasteiger partial charge in [-0.25, -0.2) is 9.78 Å². The van der Waals surface area contributed by atoms with E-state index in [1.54, 1.807) is 12.1 Å². The maximum absolute atomic E-state index is 11.6.